The van der Waals surface area contributed by atoms with Gasteiger partial charge in [-0.2, -0.15) is 0 Å². The Morgan fingerprint density at radius 2 is 2.30 bits per heavy atom. The molecule has 0 aromatic carbocycles. The standard InChI is InChI=1S/C13H20N4O2S/c1-8(14)12-16-9(7-20-12)13(19)17-6-4-3-5-10(17)11(18)15-2/h7-8,10H,3-6,14H2,1-2H3,(H,15,18). The predicted molar refractivity (Wildman–Crippen MR) is 77.5 cm³/mol. The Labute approximate surface area is 122 Å². The summed E-state index contributed by atoms with van der Waals surface area (Å²) in [5.41, 5.74) is 6.15. The summed E-state index contributed by atoms with van der Waals surface area (Å²) in [4.78, 5) is 30.3. The van der Waals surface area contributed by atoms with E-state index in [0.29, 0.717) is 18.7 Å². The largest absolute Gasteiger partial charge is 0.357 e. The molecule has 20 heavy (non-hydrogen) atoms. The first kappa shape index (κ1) is 14.9. The average molecular weight is 296 g/mol. The number of rotatable bonds is 3. The lowest BCUT2D eigenvalue weighted by Gasteiger charge is -2.33. The molecule has 1 aromatic rings. The number of aromatic nitrogens is 1. The molecule has 110 valence electrons. The van der Waals surface area contributed by atoms with E-state index in [-0.39, 0.29) is 23.9 Å². The maximum atomic E-state index is 12.5. The van der Waals surface area contributed by atoms with Crippen molar-refractivity contribution in [3.63, 3.8) is 0 Å². The van der Waals surface area contributed by atoms with Crippen molar-refractivity contribution < 1.29 is 9.59 Å². The molecule has 0 spiro atoms. The number of nitrogens with two attached hydrogens (primary N) is 1. The van der Waals surface area contributed by atoms with Gasteiger partial charge in [-0.15, -0.1) is 11.3 Å². The molecule has 0 bridgehead atoms. The summed E-state index contributed by atoms with van der Waals surface area (Å²) in [6.45, 7) is 2.43. The molecule has 1 saturated heterocycles. The van der Waals surface area contributed by atoms with Crippen molar-refractivity contribution in [2.75, 3.05) is 13.6 Å². The van der Waals surface area contributed by atoms with E-state index in [4.69, 9.17) is 5.73 Å². The summed E-state index contributed by atoms with van der Waals surface area (Å²) >= 11 is 1.38. The van der Waals surface area contributed by atoms with Crippen LogP contribution >= 0.6 is 11.3 Å². The topological polar surface area (TPSA) is 88.3 Å². The number of nitrogens with zero attached hydrogens (tertiary/aromatic N) is 2. The fourth-order valence-electron chi connectivity index (χ4n) is 2.36. The molecule has 0 aliphatic carbocycles. The Balaban J connectivity index is 2.18. The van der Waals surface area contributed by atoms with Gasteiger partial charge in [-0.25, -0.2) is 4.98 Å². The fourth-order valence-corrected chi connectivity index (χ4v) is 3.11. The lowest BCUT2D eigenvalue weighted by Crippen LogP contribution is -2.51. The van der Waals surface area contributed by atoms with Crippen LogP contribution in [0.5, 0.6) is 0 Å². The number of piperidine rings is 1. The average Bonchev–Trinajstić information content (AvgIpc) is 2.95. The normalized spacial score (nSPS) is 20.6. The van der Waals surface area contributed by atoms with Crippen LogP contribution in [0.15, 0.2) is 5.38 Å². The van der Waals surface area contributed by atoms with Crippen LogP contribution in [-0.2, 0) is 4.79 Å². The lowest BCUT2D eigenvalue weighted by atomic mass is 10.0. The van der Waals surface area contributed by atoms with Gasteiger partial charge in [0.15, 0.2) is 0 Å². The van der Waals surface area contributed by atoms with Gasteiger partial charge in [-0.3, -0.25) is 9.59 Å². The minimum Gasteiger partial charge on any atom is -0.357 e. The maximum Gasteiger partial charge on any atom is 0.274 e. The number of hydrogen-bond acceptors (Lipinski definition) is 5. The van der Waals surface area contributed by atoms with E-state index >= 15 is 0 Å². The first-order chi connectivity index (χ1) is 9.54. The minimum absolute atomic E-state index is 0.110. The molecule has 3 N–H and O–H groups in total. The highest BCUT2D eigenvalue weighted by atomic mass is 32.1. The van der Waals surface area contributed by atoms with Crippen molar-refractivity contribution in [2.45, 2.75) is 38.3 Å². The summed E-state index contributed by atoms with van der Waals surface area (Å²) in [5, 5.41) is 5.08. The molecule has 2 unspecified atom stereocenters. The van der Waals surface area contributed by atoms with Crippen LogP contribution in [0.2, 0.25) is 0 Å². The SMILES string of the molecule is CNC(=O)C1CCCCN1C(=O)c1csc(C(C)N)n1. The van der Waals surface area contributed by atoms with Crippen molar-refractivity contribution in [2.24, 2.45) is 5.73 Å². The summed E-state index contributed by atoms with van der Waals surface area (Å²) in [5.74, 6) is -0.290. The third-order valence-corrected chi connectivity index (χ3v) is 4.49. The molecule has 1 aliphatic heterocycles. The van der Waals surface area contributed by atoms with Crippen LogP contribution in [-0.4, -0.2) is 41.3 Å². The zero-order valence-electron chi connectivity index (χ0n) is 11.8. The molecule has 0 radical (unpaired) electrons. The third kappa shape index (κ3) is 2.99. The van der Waals surface area contributed by atoms with Crippen LogP contribution < -0.4 is 11.1 Å². The van der Waals surface area contributed by atoms with E-state index in [1.807, 2.05) is 6.92 Å². The molecule has 2 atom stereocenters. The maximum absolute atomic E-state index is 12.5. The smallest absolute Gasteiger partial charge is 0.274 e. The second kappa shape index (κ2) is 6.32. The van der Waals surface area contributed by atoms with Gasteiger partial charge in [0, 0.05) is 19.0 Å². The molecule has 1 fully saturated rings. The third-order valence-electron chi connectivity index (χ3n) is 3.44. The highest BCUT2D eigenvalue weighted by Gasteiger charge is 2.33. The lowest BCUT2D eigenvalue weighted by molar-refractivity contribution is -0.126. The van der Waals surface area contributed by atoms with E-state index in [0.717, 1.165) is 17.8 Å². The second-order valence-electron chi connectivity index (χ2n) is 4.98. The monoisotopic (exact) mass is 296 g/mol. The summed E-state index contributed by atoms with van der Waals surface area (Å²) < 4.78 is 0. The zero-order chi connectivity index (χ0) is 14.7. The molecule has 1 aliphatic rings. The number of amides is 2. The van der Waals surface area contributed by atoms with E-state index < -0.39 is 0 Å². The molecule has 0 saturated carbocycles. The van der Waals surface area contributed by atoms with Crippen LogP contribution in [0, 0.1) is 0 Å². The molecule has 6 nitrogen and oxygen atoms in total. The zero-order valence-corrected chi connectivity index (χ0v) is 12.6. The number of thiazole rings is 1. The number of hydrogen-bond donors (Lipinski definition) is 2. The highest BCUT2D eigenvalue weighted by molar-refractivity contribution is 7.09. The van der Waals surface area contributed by atoms with Crippen molar-refractivity contribution in [3.8, 4) is 0 Å². The number of carbonyl (C=O) groups excluding carboxylic acids is 2. The van der Waals surface area contributed by atoms with Gasteiger partial charge >= 0.3 is 0 Å². The van der Waals surface area contributed by atoms with E-state index in [2.05, 4.69) is 10.3 Å². The van der Waals surface area contributed by atoms with Crippen LogP contribution in [0.1, 0.15) is 47.7 Å². The number of carbonyl (C=O) groups is 2. The fraction of sp³-hybridized carbons (Fsp3) is 0.615. The van der Waals surface area contributed by atoms with E-state index in [9.17, 15) is 9.59 Å². The molecular formula is C13H20N4O2S. The van der Waals surface area contributed by atoms with Gasteiger partial charge in [0.25, 0.3) is 5.91 Å². The van der Waals surface area contributed by atoms with Crippen LogP contribution in [0.25, 0.3) is 0 Å². The molecule has 2 rings (SSSR count). The summed E-state index contributed by atoms with van der Waals surface area (Å²) in [7, 11) is 1.59. The van der Waals surface area contributed by atoms with Crippen molar-refractivity contribution in [1.82, 2.24) is 15.2 Å². The van der Waals surface area contributed by atoms with E-state index in [1.54, 1.807) is 17.3 Å². The summed E-state index contributed by atoms with van der Waals surface area (Å²) in [6.07, 6.45) is 2.59. The Bertz CT molecular complexity index is 500. The predicted octanol–water partition coefficient (Wildman–Crippen LogP) is 0.903. The van der Waals surface area contributed by atoms with Crippen molar-refractivity contribution >= 4 is 23.2 Å². The highest BCUT2D eigenvalue weighted by Crippen LogP contribution is 2.22. The molecular weight excluding hydrogens is 276 g/mol. The second-order valence-corrected chi connectivity index (χ2v) is 5.87. The molecule has 2 heterocycles. The summed E-state index contributed by atoms with van der Waals surface area (Å²) in [6, 6.07) is -0.570. The quantitative estimate of drug-likeness (QED) is 0.867. The van der Waals surface area contributed by atoms with Gasteiger partial charge in [0.1, 0.15) is 16.7 Å². The Morgan fingerprint density at radius 3 is 2.90 bits per heavy atom. The van der Waals surface area contributed by atoms with Crippen LogP contribution in [0.4, 0.5) is 0 Å². The van der Waals surface area contributed by atoms with Gasteiger partial charge < -0.3 is 16.0 Å². The first-order valence-electron chi connectivity index (χ1n) is 6.78. The first-order valence-corrected chi connectivity index (χ1v) is 7.66. The minimum atomic E-state index is -0.387. The van der Waals surface area contributed by atoms with Crippen molar-refractivity contribution in [3.05, 3.63) is 16.1 Å². The molecule has 1 aromatic heterocycles. The van der Waals surface area contributed by atoms with Gasteiger partial charge in [-0.05, 0) is 26.2 Å². The van der Waals surface area contributed by atoms with Gasteiger partial charge in [0.05, 0.1) is 6.04 Å². The number of nitrogens with one attached hydrogen (secondary N) is 1. The number of likely N-dealkylation sites (tertiary alicyclic amines) is 1. The van der Waals surface area contributed by atoms with Gasteiger partial charge in [-0.1, -0.05) is 0 Å². The number of likely N-dealkylation sites (N-methyl/N-ethyl adjacent to an activating group) is 1. The Kier molecular flexibility index (Phi) is 4.72. The Morgan fingerprint density at radius 1 is 1.55 bits per heavy atom. The molecule has 7 heteroatoms. The van der Waals surface area contributed by atoms with E-state index in [1.165, 1.54) is 11.3 Å². The van der Waals surface area contributed by atoms with Crippen LogP contribution in [0.3, 0.4) is 0 Å². The van der Waals surface area contributed by atoms with Crippen molar-refractivity contribution in [1.29, 1.82) is 0 Å². The van der Waals surface area contributed by atoms with Gasteiger partial charge in [0.2, 0.25) is 5.91 Å². The Hall–Kier alpha value is -1.47. The molecule has 2 amide bonds.